The van der Waals surface area contributed by atoms with Crippen molar-refractivity contribution in [3.8, 4) is 0 Å². The Balaban J connectivity index is 0.00000153. The normalized spacial score (nSPS) is 15.5. The summed E-state index contributed by atoms with van der Waals surface area (Å²) < 4.78 is 1.73. The van der Waals surface area contributed by atoms with E-state index in [0.717, 1.165) is 56.3 Å². The molecule has 0 saturated heterocycles. The zero-order valence-electron chi connectivity index (χ0n) is 17.9. The van der Waals surface area contributed by atoms with Gasteiger partial charge in [-0.25, -0.2) is 9.97 Å². The van der Waals surface area contributed by atoms with Gasteiger partial charge in [0.1, 0.15) is 11.5 Å². The number of anilines is 2. The highest BCUT2D eigenvalue weighted by Crippen LogP contribution is 2.32. The number of carbonyl (C=O) groups is 1. The van der Waals surface area contributed by atoms with Crippen molar-refractivity contribution in [2.24, 2.45) is 0 Å². The molecule has 0 spiro atoms. The van der Waals surface area contributed by atoms with Gasteiger partial charge in [0.15, 0.2) is 5.78 Å². The van der Waals surface area contributed by atoms with E-state index in [0.29, 0.717) is 23.0 Å². The molecule has 1 aliphatic carbocycles. The molecule has 0 aromatic carbocycles. The predicted molar refractivity (Wildman–Crippen MR) is 132 cm³/mol. The summed E-state index contributed by atoms with van der Waals surface area (Å²) in [6, 6.07) is 4.05. The van der Waals surface area contributed by atoms with E-state index in [1.165, 1.54) is 12.5 Å². The number of aryl methyl sites for hydroxylation is 1. The molecule has 0 unspecified atom stereocenters. The molecule has 4 heterocycles. The van der Waals surface area contributed by atoms with Crippen molar-refractivity contribution in [3.63, 3.8) is 0 Å². The quantitative estimate of drug-likeness (QED) is 0.565. The summed E-state index contributed by atoms with van der Waals surface area (Å²) in [7, 11) is 0. The second-order valence-corrected chi connectivity index (χ2v) is 8.45. The lowest BCUT2D eigenvalue weighted by Gasteiger charge is -2.20. The second-order valence-electron chi connectivity index (χ2n) is 8.45. The molecule has 5 rings (SSSR count). The molecule has 8 nitrogen and oxygen atoms in total. The molecule has 2 aliphatic rings. The second kappa shape index (κ2) is 9.79. The van der Waals surface area contributed by atoms with E-state index in [1.54, 1.807) is 17.7 Å². The molecule has 3 aromatic heterocycles. The summed E-state index contributed by atoms with van der Waals surface area (Å²) in [5, 5.41) is 7.29. The van der Waals surface area contributed by atoms with Crippen molar-refractivity contribution >= 4 is 28.6 Å². The third kappa shape index (κ3) is 4.39. The fourth-order valence-corrected chi connectivity index (χ4v) is 4.83. The molecule has 0 atom stereocenters. The van der Waals surface area contributed by atoms with E-state index < -0.39 is 0 Å². The van der Waals surface area contributed by atoms with Gasteiger partial charge in [0.2, 0.25) is 5.95 Å². The van der Waals surface area contributed by atoms with Crippen molar-refractivity contribution in [1.29, 1.82) is 0 Å². The largest absolute Gasteiger partial charge is 0.312 e. The summed E-state index contributed by atoms with van der Waals surface area (Å²) in [4.78, 5) is 39.5. The number of hydrogen-bond donors (Lipinski definition) is 2. The van der Waals surface area contributed by atoms with Crippen LogP contribution in [-0.2, 0) is 13.0 Å². The Morgan fingerprint density at radius 1 is 1.18 bits per heavy atom. The first-order valence-corrected chi connectivity index (χ1v) is 10.9. The van der Waals surface area contributed by atoms with Gasteiger partial charge in [0, 0.05) is 42.8 Å². The average Bonchev–Trinajstić information content (AvgIpc) is 3.28. The minimum Gasteiger partial charge on any atom is -0.312 e. The Bertz CT molecular complexity index is 1240. The van der Waals surface area contributed by atoms with Crippen LogP contribution in [0.1, 0.15) is 80.7 Å². The lowest BCUT2D eigenvalue weighted by atomic mass is 10.0. The van der Waals surface area contributed by atoms with Crippen LogP contribution in [0.5, 0.6) is 0 Å². The fraction of sp³-hybridized carbons (Fsp3) is 0.480. The summed E-state index contributed by atoms with van der Waals surface area (Å²) in [6.07, 6.45) is 6.58. The molecule has 2 N–H and O–H groups in total. The van der Waals surface area contributed by atoms with Gasteiger partial charge in [-0.2, -0.15) is 4.98 Å². The van der Waals surface area contributed by atoms with Gasteiger partial charge in [0.25, 0.3) is 5.56 Å². The molecule has 3 aromatic rings. The average molecular weight is 451 g/mol. The minimum atomic E-state index is -0.242. The number of nitrogens with one attached hydrogen (secondary N) is 2. The molecule has 1 fully saturated rings. The molecule has 0 bridgehead atoms. The van der Waals surface area contributed by atoms with E-state index in [9.17, 15) is 9.59 Å². The Morgan fingerprint density at radius 2 is 1.94 bits per heavy atom. The van der Waals surface area contributed by atoms with Crippen LogP contribution in [0, 0.1) is 6.92 Å². The molecule has 8 heteroatoms. The summed E-state index contributed by atoms with van der Waals surface area (Å²) >= 11 is 0. The number of Topliss-reactive ketones (excluding diaryl/α,β-unsaturated/α-hetero) is 1. The molecular formula is C25H34N6O2. The van der Waals surface area contributed by atoms with Crippen LogP contribution in [-0.4, -0.2) is 31.8 Å². The van der Waals surface area contributed by atoms with Crippen molar-refractivity contribution in [3.05, 3.63) is 51.1 Å². The lowest BCUT2D eigenvalue weighted by Crippen LogP contribution is -2.30. The monoisotopic (exact) mass is 450 g/mol. The van der Waals surface area contributed by atoms with E-state index in [1.807, 2.05) is 6.07 Å². The first kappa shape index (κ1) is 24.5. The third-order valence-corrected chi connectivity index (χ3v) is 6.41. The Hall–Kier alpha value is -3.13. The molecular weight excluding hydrogens is 416 g/mol. The fourth-order valence-electron chi connectivity index (χ4n) is 4.83. The smallest absolute Gasteiger partial charge is 0.263 e. The SMILES string of the molecule is C.C.CC(=O)c1c(C)c2cnc(Nc3ccc4c(n3)CCNC4)nc2n(C2CCCC2)c1=O. The Labute approximate surface area is 194 Å². The highest BCUT2D eigenvalue weighted by Gasteiger charge is 2.26. The Morgan fingerprint density at radius 3 is 2.67 bits per heavy atom. The molecule has 1 aliphatic heterocycles. The zero-order valence-corrected chi connectivity index (χ0v) is 17.9. The van der Waals surface area contributed by atoms with E-state index in [-0.39, 0.29) is 37.8 Å². The van der Waals surface area contributed by atoms with Gasteiger partial charge in [0.05, 0.1) is 5.56 Å². The van der Waals surface area contributed by atoms with E-state index in [2.05, 4.69) is 21.7 Å². The number of fused-ring (bicyclic) bond motifs is 2. The molecule has 0 amide bonds. The maximum atomic E-state index is 13.3. The zero-order chi connectivity index (χ0) is 21.5. The maximum absolute atomic E-state index is 13.3. The number of rotatable bonds is 4. The number of carbonyl (C=O) groups excluding carboxylic acids is 1. The predicted octanol–water partition coefficient (Wildman–Crippen LogP) is 4.47. The van der Waals surface area contributed by atoms with Crippen LogP contribution in [0.15, 0.2) is 23.1 Å². The molecule has 33 heavy (non-hydrogen) atoms. The topological polar surface area (TPSA) is 102 Å². The number of pyridine rings is 2. The summed E-state index contributed by atoms with van der Waals surface area (Å²) in [6.45, 7) is 5.00. The van der Waals surface area contributed by atoms with Gasteiger partial charge in [-0.1, -0.05) is 33.8 Å². The minimum absolute atomic E-state index is 0. The van der Waals surface area contributed by atoms with Crippen molar-refractivity contribution in [2.45, 2.75) is 73.4 Å². The number of ketones is 1. The van der Waals surface area contributed by atoms with Crippen molar-refractivity contribution < 1.29 is 4.79 Å². The lowest BCUT2D eigenvalue weighted by molar-refractivity contribution is 0.101. The maximum Gasteiger partial charge on any atom is 0.263 e. The van der Waals surface area contributed by atoms with Gasteiger partial charge >= 0.3 is 0 Å². The van der Waals surface area contributed by atoms with Crippen LogP contribution >= 0.6 is 0 Å². The summed E-state index contributed by atoms with van der Waals surface area (Å²) in [5.41, 5.74) is 3.52. The standard InChI is InChI=1S/C23H26N6O2.2CH4/c1-13-17-12-25-23(27-19-8-7-15-11-24-10-9-18(15)26-19)28-21(17)29(16-5-3-4-6-16)22(31)20(13)14(2)30;;/h7-8,12,16,24H,3-6,9-11H2,1-2H3,(H,25,26,27,28);2*1H4. The van der Waals surface area contributed by atoms with Crippen LogP contribution < -0.4 is 16.2 Å². The van der Waals surface area contributed by atoms with Crippen LogP contribution in [0.3, 0.4) is 0 Å². The number of nitrogens with zero attached hydrogens (tertiary/aromatic N) is 4. The Kier molecular flexibility index (Phi) is 7.27. The first-order chi connectivity index (χ1) is 15.0. The van der Waals surface area contributed by atoms with Crippen molar-refractivity contribution in [2.75, 3.05) is 11.9 Å². The van der Waals surface area contributed by atoms with E-state index in [4.69, 9.17) is 9.97 Å². The summed E-state index contributed by atoms with van der Waals surface area (Å²) in [5.74, 6) is 0.868. The molecule has 1 saturated carbocycles. The highest BCUT2D eigenvalue weighted by molar-refractivity contribution is 5.99. The van der Waals surface area contributed by atoms with Gasteiger partial charge in [-0.3, -0.25) is 14.2 Å². The highest BCUT2D eigenvalue weighted by atomic mass is 16.1. The third-order valence-electron chi connectivity index (χ3n) is 6.41. The first-order valence-electron chi connectivity index (χ1n) is 10.9. The number of hydrogen-bond acceptors (Lipinski definition) is 7. The number of aromatic nitrogens is 4. The van der Waals surface area contributed by atoms with Crippen LogP contribution in [0.2, 0.25) is 0 Å². The van der Waals surface area contributed by atoms with Crippen molar-refractivity contribution in [1.82, 2.24) is 24.8 Å². The van der Waals surface area contributed by atoms with Crippen LogP contribution in [0.4, 0.5) is 11.8 Å². The van der Waals surface area contributed by atoms with Gasteiger partial charge in [-0.15, -0.1) is 0 Å². The molecule has 0 radical (unpaired) electrons. The van der Waals surface area contributed by atoms with Gasteiger partial charge in [-0.05, 0) is 43.9 Å². The van der Waals surface area contributed by atoms with Crippen LogP contribution in [0.25, 0.3) is 11.0 Å². The van der Waals surface area contributed by atoms with Gasteiger partial charge < -0.3 is 10.6 Å². The molecule has 176 valence electrons. The van der Waals surface area contributed by atoms with E-state index >= 15 is 0 Å².